The highest BCUT2D eigenvalue weighted by molar-refractivity contribution is 5.56. The van der Waals surface area contributed by atoms with Crippen LogP contribution < -0.4 is 9.47 Å². The highest BCUT2D eigenvalue weighted by Crippen LogP contribution is 2.62. The zero-order chi connectivity index (χ0) is 20.9. The zero-order valence-electron chi connectivity index (χ0n) is 18.2. The molecule has 3 heteroatoms. The molecule has 3 aliphatic rings. The van der Waals surface area contributed by atoms with Crippen LogP contribution in [0.1, 0.15) is 55.2 Å². The molecule has 3 nitrogen and oxygen atoms in total. The van der Waals surface area contributed by atoms with E-state index in [1.807, 2.05) is 12.1 Å². The predicted octanol–water partition coefficient (Wildman–Crippen LogP) is 5.61. The normalized spacial score (nSPS) is 33.5. The lowest BCUT2D eigenvalue weighted by Gasteiger charge is -2.49. The summed E-state index contributed by atoms with van der Waals surface area (Å²) in [5.74, 6) is 3.65. The number of aliphatic hydroxyl groups is 1. The summed E-state index contributed by atoms with van der Waals surface area (Å²) in [6.07, 6.45) is 7.47. The van der Waals surface area contributed by atoms with Crippen LogP contribution in [0, 0.1) is 17.3 Å². The van der Waals surface area contributed by atoms with Crippen LogP contribution >= 0.6 is 0 Å². The summed E-state index contributed by atoms with van der Waals surface area (Å²) in [6, 6.07) is 14.8. The molecule has 5 unspecified atom stereocenters. The maximum atomic E-state index is 11.3. The van der Waals surface area contributed by atoms with Gasteiger partial charge in [-0.3, -0.25) is 0 Å². The molecule has 2 saturated carbocycles. The van der Waals surface area contributed by atoms with E-state index in [0.717, 1.165) is 36.3 Å². The number of rotatable bonds is 3. The van der Waals surface area contributed by atoms with Crippen molar-refractivity contribution < 1.29 is 14.6 Å². The van der Waals surface area contributed by atoms with Crippen LogP contribution in [0.2, 0.25) is 0 Å². The van der Waals surface area contributed by atoms with Gasteiger partial charge >= 0.3 is 0 Å². The Hall–Kier alpha value is -2.26. The Morgan fingerprint density at radius 3 is 2.47 bits per heavy atom. The molecule has 1 N–H and O–H groups in total. The first-order valence-electron chi connectivity index (χ1n) is 11.2. The molecule has 30 heavy (non-hydrogen) atoms. The number of fused-ring (bicyclic) bond motifs is 5. The highest BCUT2D eigenvalue weighted by Gasteiger charge is 2.56. The van der Waals surface area contributed by atoms with Gasteiger partial charge in [0.25, 0.3) is 0 Å². The molecule has 158 valence electrons. The second kappa shape index (κ2) is 7.46. The van der Waals surface area contributed by atoms with Gasteiger partial charge in [-0.25, -0.2) is 0 Å². The maximum Gasteiger partial charge on any atom is 0.119 e. The molecule has 5 atom stereocenters. The molecule has 0 saturated heterocycles. The van der Waals surface area contributed by atoms with Crippen LogP contribution in [0.15, 0.2) is 48.0 Å². The highest BCUT2D eigenvalue weighted by atomic mass is 16.5. The Kier molecular flexibility index (Phi) is 4.89. The Labute approximate surface area is 179 Å². The molecule has 2 fully saturated rings. The molecular weight excluding hydrogens is 372 g/mol. The topological polar surface area (TPSA) is 38.7 Å². The molecular formula is C27H32O3. The van der Waals surface area contributed by atoms with Crippen molar-refractivity contribution in [1.29, 1.82) is 0 Å². The molecule has 0 heterocycles. The number of methoxy groups -OCH3 is 2. The minimum Gasteiger partial charge on any atom is -0.497 e. The summed E-state index contributed by atoms with van der Waals surface area (Å²) in [4.78, 5) is 0. The molecule has 0 radical (unpaired) electrons. The fourth-order valence-corrected chi connectivity index (χ4v) is 6.60. The van der Waals surface area contributed by atoms with Gasteiger partial charge in [-0.1, -0.05) is 31.2 Å². The molecule has 5 rings (SSSR count). The van der Waals surface area contributed by atoms with Crippen LogP contribution in [0.4, 0.5) is 0 Å². The third-order valence-electron chi connectivity index (χ3n) is 8.27. The number of hydrogen-bond donors (Lipinski definition) is 1. The van der Waals surface area contributed by atoms with Crippen LogP contribution in [0.25, 0.3) is 6.08 Å². The SMILES string of the molecule is COc1ccc(/C=C2\CC3C4CCc5cc(OC)ccc5C4CCC3(C)C2O)cc1. The molecule has 0 aliphatic heterocycles. The van der Waals surface area contributed by atoms with Crippen molar-refractivity contribution in [2.75, 3.05) is 14.2 Å². The summed E-state index contributed by atoms with van der Waals surface area (Å²) in [5.41, 5.74) is 5.32. The van der Waals surface area contributed by atoms with Crippen LogP contribution in [-0.4, -0.2) is 25.4 Å². The van der Waals surface area contributed by atoms with Gasteiger partial charge in [-0.15, -0.1) is 0 Å². The monoisotopic (exact) mass is 404 g/mol. The van der Waals surface area contributed by atoms with E-state index in [2.05, 4.69) is 43.3 Å². The first-order chi connectivity index (χ1) is 14.5. The third kappa shape index (κ3) is 3.06. The lowest BCUT2D eigenvalue weighted by Crippen LogP contribution is -2.44. The minimum atomic E-state index is -0.345. The Balaban J connectivity index is 1.44. The fourth-order valence-electron chi connectivity index (χ4n) is 6.60. The van der Waals surface area contributed by atoms with E-state index in [9.17, 15) is 5.11 Å². The average molecular weight is 405 g/mol. The van der Waals surface area contributed by atoms with Crippen molar-refractivity contribution in [3.05, 3.63) is 64.7 Å². The van der Waals surface area contributed by atoms with Crippen LogP contribution in [0.5, 0.6) is 11.5 Å². The summed E-state index contributed by atoms with van der Waals surface area (Å²) < 4.78 is 10.7. The number of ether oxygens (including phenoxy) is 2. The Morgan fingerprint density at radius 1 is 1.00 bits per heavy atom. The summed E-state index contributed by atoms with van der Waals surface area (Å²) in [5, 5.41) is 11.3. The van der Waals surface area contributed by atoms with Crippen LogP contribution in [-0.2, 0) is 6.42 Å². The second-order valence-electron chi connectivity index (χ2n) is 9.62. The van der Waals surface area contributed by atoms with E-state index in [-0.39, 0.29) is 11.5 Å². The van der Waals surface area contributed by atoms with Gasteiger partial charge in [-0.05, 0) is 96.4 Å². The molecule has 0 bridgehead atoms. The van der Waals surface area contributed by atoms with Gasteiger partial charge in [0.05, 0.1) is 20.3 Å². The van der Waals surface area contributed by atoms with Crippen molar-refractivity contribution >= 4 is 6.08 Å². The number of hydrogen-bond acceptors (Lipinski definition) is 3. The molecule has 2 aromatic carbocycles. The summed E-state index contributed by atoms with van der Waals surface area (Å²) in [6.45, 7) is 2.33. The van der Waals surface area contributed by atoms with E-state index < -0.39 is 0 Å². The van der Waals surface area contributed by atoms with Crippen molar-refractivity contribution in [1.82, 2.24) is 0 Å². The molecule has 0 amide bonds. The quantitative estimate of drug-likeness (QED) is 0.722. The van der Waals surface area contributed by atoms with Crippen molar-refractivity contribution in [3.63, 3.8) is 0 Å². The lowest BCUT2D eigenvalue weighted by molar-refractivity contribution is -0.0158. The van der Waals surface area contributed by atoms with E-state index >= 15 is 0 Å². The van der Waals surface area contributed by atoms with E-state index in [1.165, 1.54) is 29.5 Å². The number of benzene rings is 2. The standard InChI is InChI=1S/C27H32O3/c1-27-13-12-23-22-11-9-21(30-3)15-18(22)6-10-24(23)25(27)16-19(26(27)28)14-17-4-7-20(29-2)8-5-17/h4-5,7-9,11,14-15,23-26,28H,6,10,12-13,16H2,1-3H3/b19-14+. The van der Waals surface area contributed by atoms with Crippen LogP contribution in [0.3, 0.4) is 0 Å². The van der Waals surface area contributed by atoms with Gasteiger partial charge in [0, 0.05) is 5.41 Å². The summed E-state index contributed by atoms with van der Waals surface area (Å²) in [7, 11) is 3.44. The first kappa shape index (κ1) is 19.7. The predicted molar refractivity (Wildman–Crippen MR) is 120 cm³/mol. The van der Waals surface area contributed by atoms with Gasteiger partial charge in [-0.2, -0.15) is 0 Å². The maximum absolute atomic E-state index is 11.3. The fraction of sp³-hybridized carbons (Fsp3) is 0.481. The van der Waals surface area contributed by atoms with E-state index in [1.54, 1.807) is 14.2 Å². The van der Waals surface area contributed by atoms with Gasteiger partial charge in [0.15, 0.2) is 0 Å². The average Bonchev–Trinajstić information content (AvgIpc) is 3.04. The van der Waals surface area contributed by atoms with E-state index in [0.29, 0.717) is 17.8 Å². The second-order valence-corrected chi connectivity index (χ2v) is 9.62. The first-order valence-corrected chi connectivity index (χ1v) is 11.2. The smallest absolute Gasteiger partial charge is 0.119 e. The zero-order valence-corrected chi connectivity index (χ0v) is 18.2. The lowest BCUT2D eigenvalue weighted by atomic mass is 9.55. The number of aliphatic hydroxyl groups excluding tert-OH is 1. The molecule has 2 aromatic rings. The van der Waals surface area contributed by atoms with Gasteiger partial charge in [0.2, 0.25) is 0 Å². The molecule has 0 spiro atoms. The van der Waals surface area contributed by atoms with Crippen molar-refractivity contribution in [2.45, 2.75) is 51.0 Å². The van der Waals surface area contributed by atoms with Gasteiger partial charge < -0.3 is 14.6 Å². The van der Waals surface area contributed by atoms with Crippen molar-refractivity contribution in [3.8, 4) is 11.5 Å². The number of aryl methyl sites for hydroxylation is 1. The molecule has 3 aliphatic carbocycles. The van der Waals surface area contributed by atoms with E-state index in [4.69, 9.17) is 9.47 Å². The Bertz CT molecular complexity index is 961. The minimum absolute atomic E-state index is 0.0105. The molecule has 0 aromatic heterocycles. The van der Waals surface area contributed by atoms with Crippen molar-refractivity contribution in [2.24, 2.45) is 17.3 Å². The van der Waals surface area contributed by atoms with Gasteiger partial charge in [0.1, 0.15) is 11.5 Å². The largest absolute Gasteiger partial charge is 0.497 e. The Morgan fingerprint density at radius 2 is 1.73 bits per heavy atom. The summed E-state index contributed by atoms with van der Waals surface area (Å²) >= 11 is 0. The third-order valence-corrected chi connectivity index (χ3v) is 8.27.